The fourth-order valence-electron chi connectivity index (χ4n) is 4.78. The normalized spacial score (nSPS) is 29.6. The molecule has 2 fully saturated rings. The van der Waals surface area contributed by atoms with Gasteiger partial charge >= 0.3 is 5.97 Å². The molecule has 1 aliphatic carbocycles. The first-order valence-electron chi connectivity index (χ1n) is 11.0. The van der Waals surface area contributed by atoms with E-state index in [1.807, 2.05) is 30.3 Å². The Kier molecular flexibility index (Phi) is 8.00. The van der Waals surface area contributed by atoms with E-state index in [4.69, 9.17) is 9.84 Å². The number of carboxylic acids is 1. The van der Waals surface area contributed by atoms with E-state index in [-0.39, 0.29) is 30.8 Å². The Bertz CT molecular complexity index is 706. The first-order chi connectivity index (χ1) is 14.3. The van der Waals surface area contributed by atoms with Gasteiger partial charge in [0.2, 0.25) is 0 Å². The molecule has 2 N–H and O–H groups in total. The summed E-state index contributed by atoms with van der Waals surface area (Å²) >= 11 is 0. The van der Waals surface area contributed by atoms with E-state index in [9.17, 15) is 18.7 Å². The zero-order valence-electron chi connectivity index (χ0n) is 17.3. The maximum absolute atomic E-state index is 14.4. The fraction of sp³-hybridized carbons (Fsp3) is 0.625. The number of allylic oxidation sites excluding steroid dienone is 1. The van der Waals surface area contributed by atoms with Crippen LogP contribution in [0, 0.1) is 17.8 Å². The van der Waals surface area contributed by atoms with Gasteiger partial charge in [0.25, 0.3) is 5.92 Å². The van der Waals surface area contributed by atoms with Crippen molar-refractivity contribution in [2.24, 2.45) is 17.8 Å². The van der Waals surface area contributed by atoms with Crippen LogP contribution in [0.3, 0.4) is 0 Å². The second kappa shape index (κ2) is 10.5. The van der Waals surface area contributed by atoms with E-state index in [1.54, 1.807) is 0 Å². The number of rotatable bonds is 9. The highest BCUT2D eigenvalue weighted by atomic mass is 19.3. The van der Waals surface area contributed by atoms with Crippen molar-refractivity contribution in [2.75, 3.05) is 6.61 Å². The van der Waals surface area contributed by atoms with Crippen LogP contribution in [0.1, 0.15) is 50.5 Å². The number of fused-ring (bicyclic) bond motifs is 1. The van der Waals surface area contributed by atoms with Crippen LogP contribution in [0.25, 0.3) is 0 Å². The van der Waals surface area contributed by atoms with Gasteiger partial charge in [-0.2, -0.15) is 0 Å². The first-order valence-corrected chi connectivity index (χ1v) is 11.0. The lowest BCUT2D eigenvalue weighted by molar-refractivity contribution is -0.137. The number of aliphatic hydroxyl groups excluding tert-OH is 1. The minimum atomic E-state index is -2.92. The van der Waals surface area contributed by atoms with Gasteiger partial charge in [-0.15, -0.1) is 0 Å². The summed E-state index contributed by atoms with van der Waals surface area (Å²) in [5, 5.41) is 19.2. The smallest absolute Gasteiger partial charge is 0.303 e. The Hall–Kier alpha value is -1.79. The quantitative estimate of drug-likeness (QED) is 0.558. The number of halogens is 2. The van der Waals surface area contributed by atoms with Gasteiger partial charge in [0.1, 0.15) is 0 Å². The molecule has 3 rings (SSSR count). The molecular weight excluding hydrogens is 390 g/mol. The molecule has 0 bridgehead atoms. The van der Waals surface area contributed by atoms with Gasteiger partial charge < -0.3 is 14.9 Å². The third kappa shape index (κ3) is 6.61. The number of benzene rings is 1. The lowest BCUT2D eigenvalue weighted by Gasteiger charge is -2.21. The number of carboxylic acid groups (broad SMARTS) is 1. The zero-order chi connectivity index (χ0) is 21.6. The topological polar surface area (TPSA) is 66.8 Å². The molecule has 5 atom stereocenters. The average Bonchev–Trinajstić information content (AvgIpc) is 2.88. The Balaban J connectivity index is 1.54. The van der Waals surface area contributed by atoms with E-state index < -0.39 is 18.0 Å². The van der Waals surface area contributed by atoms with E-state index in [0.717, 1.165) is 30.9 Å². The van der Waals surface area contributed by atoms with Crippen LogP contribution in [-0.2, 0) is 16.0 Å². The molecule has 1 aromatic carbocycles. The summed E-state index contributed by atoms with van der Waals surface area (Å²) in [6.07, 6.45) is 5.49. The van der Waals surface area contributed by atoms with Crippen molar-refractivity contribution in [3.05, 3.63) is 48.0 Å². The molecule has 0 spiro atoms. The van der Waals surface area contributed by atoms with E-state index in [2.05, 4.69) is 0 Å². The third-order valence-electron chi connectivity index (χ3n) is 6.50. The van der Waals surface area contributed by atoms with Gasteiger partial charge in [-0.1, -0.05) is 36.4 Å². The van der Waals surface area contributed by atoms with E-state index in [1.165, 1.54) is 6.08 Å². The fourth-order valence-corrected chi connectivity index (χ4v) is 4.78. The van der Waals surface area contributed by atoms with E-state index >= 15 is 0 Å². The number of hydrogen-bond donors (Lipinski definition) is 2. The maximum Gasteiger partial charge on any atom is 0.303 e. The van der Waals surface area contributed by atoms with Gasteiger partial charge in [0.05, 0.1) is 12.2 Å². The third-order valence-corrected chi connectivity index (χ3v) is 6.50. The lowest BCUT2D eigenvalue weighted by atomic mass is 9.86. The highest BCUT2D eigenvalue weighted by Gasteiger charge is 2.43. The standard InChI is InChI=1S/C24H32F2O4/c25-24(26,13-11-17-5-2-1-3-6-17)14-12-19-20-10-9-18(7-4-8-23(28)29)16-30-22(20)15-21(19)27/h1-3,5-6,12,14,18-22,27H,4,7-11,13,15-16H2,(H,28,29)/t18-,19+,20+,21+,22-/m0/s1. The molecular formula is C24H32F2O4. The SMILES string of the molecule is O=C(O)CCC[C@H]1CC[C@@H]2[C@@H](C=CC(F)(F)CCc3ccccc3)[C@H](O)C[C@@H]2OC1. The highest BCUT2D eigenvalue weighted by Crippen LogP contribution is 2.42. The molecule has 1 aliphatic heterocycles. The highest BCUT2D eigenvalue weighted by molar-refractivity contribution is 5.66. The number of aliphatic hydroxyl groups is 1. The summed E-state index contributed by atoms with van der Waals surface area (Å²) < 4.78 is 34.8. The predicted molar refractivity (Wildman–Crippen MR) is 110 cm³/mol. The summed E-state index contributed by atoms with van der Waals surface area (Å²) in [7, 11) is 0. The van der Waals surface area contributed by atoms with Gasteiger partial charge in [-0.05, 0) is 55.6 Å². The van der Waals surface area contributed by atoms with Crippen LogP contribution in [0.2, 0.25) is 0 Å². The summed E-state index contributed by atoms with van der Waals surface area (Å²) in [6, 6.07) is 9.26. The Morgan fingerprint density at radius 1 is 1.23 bits per heavy atom. The molecule has 0 aromatic heterocycles. The molecule has 4 nitrogen and oxygen atoms in total. The van der Waals surface area contributed by atoms with Crippen molar-refractivity contribution in [3.8, 4) is 0 Å². The molecule has 1 saturated heterocycles. The molecule has 0 radical (unpaired) electrons. The summed E-state index contributed by atoms with van der Waals surface area (Å²) in [4.78, 5) is 10.7. The van der Waals surface area contributed by atoms with Crippen molar-refractivity contribution >= 4 is 5.97 Å². The maximum atomic E-state index is 14.4. The molecule has 0 unspecified atom stereocenters. The van der Waals surface area contributed by atoms with Gasteiger partial charge in [0, 0.05) is 31.8 Å². The van der Waals surface area contributed by atoms with Crippen molar-refractivity contribution in [1.82, 2.24) is 0 Å². The van der Waals surface area contributed by atoms with Crippen molar-refractivity contribution in [3.63, 3.8) is 0 Å². The van der Waals surface area contributed by atoms with Gasteiger partial charge in [0.15, 0.2) is 0 Å². The zero-order valence-corrected chi connectivity index (χ0v) is 17.3. The monoisotopic (exact) mass is 422 g/mol. The van der Waals surface area contributed by atoms with Crippen LogP contribution in [0.4, 0.5) is 8.78 Å². The number of carbonyl (C=O) groups is 1. The summed E-state index contributed by atoms with van der Waals surface area (Å²) in [5.41, 5.74) is 0.887. The van der Waals surface area contributed by atoms with Crippen molar-refractivity contribution < 1.29 is 28.5 Å². The van der Waals surface area contributed by atoms with Crippen LogP contribution < -0.4 is 0 Å². The van der Waals surface area contributed by atoms with Crippen LogP contribution >= 0.6 is 0 Å². The Morgan fingerprint density at radius 3 is 2.73 bits per heavy atom. The summed E-state index contributed by atoms with van der Waals surface area (Å²) in [6.45, 7) is 0.553. The minimum absolute atomic E-state index is 0.0330. The van der Waals surface area contributed by atoms with E-state index in [0.29, 0.717) is 31.8 Å². The van der Waals surface area contributed by atoms with Crippen LogP contribution in [0.15, 0.2) is 42.5 Å². The Labute approximate surface area is 176 Å². The first kappa shape index (κ1) is 22.9. The van der Waals surface area contributed by atoms with Crippen LogP contribution in [-0.4, -0.2) is 40.9 Å². The predicted octanol–water partition coefficient (Wildman–Crippen LogP) is 4.86. The largest absolute Gasteiger partial charge is 0.481 e. The number of alkyl halides is 2. The second-order valence-electron chi connectivity index (χ2n) is 8.75. The molecule has 166 valence electrons. The molecule has 1 heterocycles. The number of aryl methyl sites for hydroxylation is 1. The van der Waals surface area contributed by atoms with Gasteiger partial charge in [-0.3, -0.25) is 4.79 Å². The van der Waals surface area contributed by atoms with Gasteiger partial charge in [-0.25, -0.2) is 8.78 Å². The molecule has 0 amide bonds. The van der Waals surface area contributed by atoms with Crippen LogP contribution in [0.5, 0.6) is 0 Å². The molecule has 30 heavy (non-hydrogen) atoms. The lowest BCUT2D eigenvalue weighted by Crippen LogP contribution is -2.22. The molecule has 1 saturated carbocycles. The van der Waals surface area contributed by atoms with Crippen molar-refractivity contribution in [1.29, 1.82) is 0 Å². The number of hydrogen-bond acceptors (Lipinski definition) is 3. The second-order valence-corrected chi connectivity index (χ2v) is 8.75. The van der Waals surface area contributed by atoms with Crippen molar-refractivity contribution in [2.45, 2.75) is 69.5 Å². The number of ether oxygens (including phenoxy) is 1. The minimum Gasteiger partial charge on any atom is -0.481 e. The molecule has 2 aliphatic rings. The summed E-state index contributed by atoms with van der Waals surface area (Å²) in [5.74, 6) is -3.70. The Morgan fingerprint density at radius 2 is 2.00 bits per heavy atom. The average molecular weight is 423 g/mol. The molecule has 6 heteroatoms. The molecule has 1 aromatic rings. The number of aliphatic carboxylic acids is 1.